The minimum atomic E-state index is 0.708. The van der Waals surface area contributed by atoms with Gasteiger partial charge in [0, 0.05) is 29.5 Å². The summed E-state index contributed by atoms with van der Waals surface area (Å²) in [5.74, 6) is 0.708. The molecule has 5 aromatic rings. The number of pyridine rings is 2. The zero-order chi connectivity index (χ0) is 16.8. The number of nitrogens with one attached hydrogen (secondary N) is 2. The van der Waals surface area contributed by atoms with Gasteiger partial charge in [-0.2, -0.15) is 5.10 Å². The summed E-state index contributed by atoms with van der Waals surface area (Å²) in [6.45, 7) is 2.09. The van der Waals surface area contributed by atoms with Crippen LogP contribution in [0.5, 0.6) is 0 Å². The van der Waals surface area contributed by atoms with E-state index in [-0.39, 0.29) is 0 Å². The van der Waals surface area contributed by atoms with Gasteiger partial charge in [-0.25, -0.2) is 9.97 Å². The van der Waals surface area contributed by atoms with Gasteiger partial charge in [-0.3, -0.25) is 10.1 Å². The van der Waals surface area contributed by atoms with Gasteiger partial charge in [0.2, 0.25) is 0 Å². The Morgan fingerprint density at radius 3 is 2.88 bits per heavy atom. The monoisotopic (exact) mass is 326 g/mol. The molecule has 0 radical (unpaired) electrons. The second-order valence-electron chi connectivity index (χ2n) is 5.98. The summed E-state index contributed by atoms with van der Waals surface area (Å²) < 4.78 is 0. The van der Waals surface area contributed by atoms with E-state index in [1.165, 1.54) is 5.56 Å². The van der Waals surface area contributed by atoms with Crippen LogP contribution in [-0.4, -0.2) is 30.1 Å². The topological polar surface area (TPSA) is 83.1 Å². The lowest BCUT2D eigenvalue weighted by molar-refractivity contribution is 1.10. The molecule has 0 fully saturated rings. The van der Waals surface area contributed by atoms with E-state index in [0.29, 0.717) is 5.82 Å². The summed E-state index contributed by atoms with van der Waals surface area (Å²) in [4.78, 5) is 16.4. The van der Waals surface area contributed by atoms with Crippen molar-refractivity contribution in [1.82, 2.24) is 30.1 Å². The van der Waals surface area contributed by atoms with Crippen molar-refractivity contribution in [2.75, 3.05) is 0 Å². The van der Waals surface area contributed by atoms with Gasteiger partial charge in [-0.15, -0.1) is 0 Å². The van der Waals surface area contributed by atoms with E-state index >= 15 is 0 Å². The zero-order valence-corrected chi connectivity index (χ0v) is 13.5. The number of H-pyrrole nitrogens is 2. The summed E-state index contributed by atoms with van der Waals surface area (Å²) in [5, 5.41) is 8.55. The van der Waals surface area contributed by atoms with Crippen LogP contribution < -0.4 is 0 Å². The molecule has 6 heteroatoms. The van der Waals surface area contributed by atoms with Crippen molar-refractivity contribution in [2.24, 2.45) is 0 Å². The van der Waals surface area contributed by atoms with Crippen molar-refractivity contribution >= 4 is 22.1 Å². The molecule has 0 aliphatic rings. The van der Waals surface area contributed by atoms with Crippen LogP contribution in [0.1, 0.15) is 5.56 Å². The van der Waals surface area contributed by atoms with Crippen molar-refractivity contribution in [3.8, 4) is 22.6 Å². The third-order valence-electron chi connectivity index (χ3n) is 4.39. The maximum Gasteiger partial charge on any atom is 0.160 e. The first-order valence-corrected chi connectivity index (χ1v) is 8.00. The highest BCUT2D eigenvalue weighted by molar-refractivity contribution is 5.95. The molecule has 0 aliphatic heterocycles. The van der Waals surface area contributed by atoms with E-state index in [9.17, 15) is 0 Å². The molecule has 6 nitrogen and oxygen atoms in total. The number of nitrogens with zero attached hydrogens (tertiary/aromatic N) is 4. The Kier molecular flexibility index (Phi) is 2.90. The van der Waals surface area contributed by atoms with Crippen LogP contribution in [0.4, 0.5) is 0 Å². The number of fused-ring (bicyclic) bond motifs is 2. The van der Waals surface area contributed by atoms with Crippen LogP contribution in [0.2, 0.25) is 0 Å². The number of aryl methyl sites for hydroxylation is 1. The first-order valence-electron chi connectivity index (χ1n) is 8.00. The number of rotatable bonds is 2. The first kappa shape index (κ1) is 13.9. The Morgan fingerprint density at radius 2 is 2.00 bits per heavy atom. The Hall–Kier alpha value is -3.54. The molecule has 0 amide bonds. The van der Waals surface area contributed by atoms with Crippen molar-refractivity contribution in [3.05, 3.63) is 60.6 Å². The van der Waals surface area contributed by atoms with Gasteiger partial charge >= 0.3 is 0 Å². The van der Waals surface area contributed by atoms with Crippen LogP contribution in [0.15, 0.2) is 55.0 Å². The minimum absolute atomic E-state index is 0.708. The minimum Gasteiger partial charge on any atom is -0.321 e. The maximum atomic E-state index is 4.61. The van der Waals surface area contributed by atoms with Gasteiger partial charge in [0.15, 0.2) is 11.5 Å². The predicted octanol–water partition coefficient (Wildman–Crippen LogP) is 3.87. The summed E-state index contributed by atoms with van der Waals surface area (Å²) in [6, 6.07) is 12.1. The summed E-state index contributed by atoms with van der Waals surface area (Å²) in [6.07, 6.45) is 5.44. The van der Waals surface area contributed by atoms with E-state index in [0.717, 1.165) is 38.9 Å². The molecule has 0 aliphatic carbocycles. The molecule has 0 saturated carbocycles. The number of benzene rings is 1. The molecule has 4 heterocycles. The molecule has 120 valence electrons. The largest absolute Gasteiger partial charge is 0.321 e. The van der Waals surface area contributed by atoms with E-state index in [1.54, 1.807) is 6.20 Å². The van der Waals surface area contributed by atoms with E-state index in [4.69, 9.17) is 0 Å². The molecule has 4 aromatic heterocycles. The fourth-order valence-electron chi connectivity index (χ4n) is 3.08. The lowest BCUT2D eigenvalue weighted by atomic mass is 10.0. The molecule has 0 saturated heterocycles. The van der Waals surface area contributed by atoms with E-state index in [1.807, 2.05) is 36.7 Å². The second-order valence-corrected chi connectivity index (χ2v) is 5.98. The predicted molar refractivity (Wildman–Crippen MR) is 96.9 cm³/mol. The van der Waals surface area contributed by atoms with E-state index in [2.05, 4.69) is 49.2 Å². The Labute approximate surface area is 143 Å². The average molecular weight is 326 g/mol. The Bertz CT molecular complexity index is 1180. The number of aromatic amines is 2. The molecule has 0 unspecified atom stereocenters. The van der Waals surface area contributed by atoms with Crippen LogP contribution in [-0.2, 0) is 0 Å². The summed E-state index contributed by atoms with van der Waals surface area (Å²) in [5.41, 5.74) is 6.75. The first-order chi connectivity index (χ1) is 12.3. The number of imidazole rings is 1. The second kappa shape index (κ2) is 5.24. The molecule has 0 atom stereocenters. The average Bonchev–Trinajstić information content (AvgIpc) is 3.25. The lowest BCUT2D eigenvalue weighted by Crippen LogP contribution is -1.85. The maximum absolute atomic E-state index is 4.61. The van der Waals surface area contributed by atoms with E-state index < -0.39 is 0 Å². The number of hydrogen-bond donors (Lipinski definition) is 2. The van der Waals surface area contributed by atoms with Gasteiger partial charge in [0.25, 0.3) is 0 Å². The van der Waals surface area contributed by atoms with Crippen LogP contribution in [0.3, 0.4) is 0 Å². The highest BCUT2D eigenvalue weighted by Crippen LogP contribution is 2.30. The quantitative estimate of drug-likeness (QED) is 0.516. The fraction of sp³-hybridized carbons (Fsp3) is 0.0526. The molecule has 1 aromatic carbocycles. The van der Waals surface area contributed by atoms with Crippen molar-refractivity contribution in [1.29, 1.82) is 0 Å². The number of hydrogen-bond acceptors (Lipinski definition) is 4. The molecular formula is C19H14N6. The van der Waals surface area contributed by atoms with Crippen molar-refractivity contribution in [3.63, 3.8) is 0 Å². The fourth-order valence-corrected chi connectivity index (χ4v) is 3.08. The van der Waals surface area contributed by atoms with Gasteiger partial charge in [0.05, 0.1) is 5.52 Å². The standard InChI is InChI=1S/C19H14N6/c1-11-6-8-20-10-14(11)12-4-5-15-13(9-12)17(25-24-15)19-22-16-3-2-7-21-18(16)23-19/h2-10H,1H3,(H,24,25)(H,21,22,23). The molecular weight excluding hydrogens is 312 g/mol. The molecule has 5 rings (SSSR count). The smallest absolute Gasteiger partial charge is 0.160 e. The van der Waals surface area contributed by atoms with Crippen LogP contribution >= 0.6 is 0 Å². The Morgan fingerprint density at radius 1 is 1.04 bits per heavy atom. The van der Waals surface area contributed by atoms with Gasteiger partial charge < -0.3 is 4.98 Å². The van der Waals surface area contributed by atoms with Crippen molar-refractivity contribution < 1.29 is 0 Å². The SMILES string of the molecule is Cc1ccncc1-c1ccc2[nH]nc(-c3nc4cccnc4[nH]3)c2c1. The van der Waals surface area contributed by atoms with Gasteiger partial charge in [-0.1, -0.05) is 6.07 Å². The summed E-state index contributed by atoms with van der Waals surface area (Å²) >= 11 is 0. The highest BCUT2D eigenvalue weighted by atomic mass is 15.1. The normalized spacial score (nSPS) is 11.4. The van der Waals surface area contributed by atoms with Crippen molar-refractivity contribution in [2.45, 2.75) is 6.92 Å². The molecule has 0 bridgehead atoms. The molecule has 25 heavy (non-hydrogen) atoms. The third kappa shape index (κ3) is 2.19. The third-order valence-corrected chi connectivity index (χ3v) is 4.39. The molecule has 2 N–H and O–H groups in total. The molecule has 0 spiro atoms. The Balaban J connectivity index is 1.71. The zero-order valence-electron chi connectivity index (χ0n) is 13.5. The number of aromatic nitrogens is 6. The lowest BCUT2D eigenvalue weighted by Gasteiger charge is -2.05. The van der Waals surface area contributed by atoms with Gasteiger partial charge in [0.1, 0.15) is 11.2 Å². The highest BCUT2D eigenvalue weighted by Gasteiger charge is 2.14. The van der Waals surface area contributed by atoms with Crippen LogP contribution in [0, 0.1) is 6.92 Å². The van der Waals surface area contributed by atoms with Crippen LogP contribution in [0.25, 0.3) is 44.7 Å². The summed E-state index contributed by atoms with van der Waals surface area (Å²) in [7, 11) is 0. The van der Waals surface area contributed by atoms with Gasteiger partial charge in [-0.05, 0) is 48.4 Å².